The van der Waals surface area contributed by atoms with E-state index < -0.39 is 19.8 Å². The second kappa shape index (κ2) is 11.0. The number of carbonyl (C=O) groups is 1. The lowest BCUT2D eigenvalue weighted by Crippen LogP contribution is -2.66. The van der Waals surface area contributed by atoms with Crippen LogP contribution in [0.5, 0.6) is 0 Å². The molecule has 0 aliphatic carbocycles. The zero-order chi connectivity index (χ0) is 28.5. The Balaban J connectivity index is 1.58. The van der Waals surface area contributed by atoms with Gasteiger partial charge < -0.3 is 9.53 Å². The zero-order valence-corrected chi connectivity index (χ0v) is 24.9. The molecule has 0 fully saturated rings. The van der Waals surface area contributed by atoms with Gasteiger partial charge >= 0.3 is 5.97 Å². The zero-order valence-electron chi connectivity index (χ0n) is 23.0. The fraction of sp³-hybridized carbons (Fsp3) is 0.219. The molecule has 0 amide bonds. The maximum absolute atomic E-state index is 13.5. The van der Waals surface area contributed by atoms with Crippen LogP contribution >= 0.6 is 11.3 Å². The van der Waals surface area contributed by atoms with Crippen LogP contribution in [0.25, 0.3) is 16.0 Å². The molecule has 0 spiro atoms. The van der Waals surface area contributed by atoms with Crippen LogP contribution in [0.15, 0.2) is 95.8 Å². The van der Waals surface area contributed by atoms with Gasteiger partial charge in [-0.3, -0.25) is 9.36 Å². The highest BCUT2D eigenvalue weighted by Gasteiger charge is 2.50. The van der Waals surface area contributed by atoms with Crippen LogP contribution in [0.4, 0.5) is 0 Å². The second-order valence-corrected chi connectivity index (χ2v) is 16.3. The first-order valence-corrected chi connectivity index (χ1v) is 16.0. The van der Waals surface area contributed by atoms with Crippen molar-refractivity contribution in [1.82, 2.24) is 9.55 Å². The molecular formula is C32H32N2O4SSi. The van der Waals surface area contributed by atoms with Crippen LogP contribution in [0.3, 0.4) is 0 Å². The number of pyridine rings is 1. The van der Waals surface area contributed by atoms with Gasteiger partial charge in [0.05, 0.1) is 16.2 Å². The third-order valence-corrected chi connectivity index (χ3v) is 13.2. The maximum atomic E-state index is 13.5. The van der Waals surface area contributed by atoms with Crippen molar-refractivity contribution >= 4 is 46.3 Å². The van der Waals surface area contributed by atoms with E-state index in [1.54, 1.807) is 0 Å². The Kier molecular flexibility index (Phi) is 7.59. The Morgan fingerprint density at radius 2 is 1.52 bits per heavy atom. The van der Waals surface area contributed by atoms with Crippen LogP contribution in [-0.4, -0.2) is 35.6 Å². The largest absolute Gasteiger partial charge is 0.477 e. The summed E-state index contributed by atoms with van der Waals surface area (Å²) in [6.07, 6.45) is 0.545. The van der Waals surface area contributed by atoms with E-state index >= 15 is 0 Å². The van der Waals surface area contributed by atoms with Gasteiger partial charge in [0.1, 0.15) is 10.4 Å². The van der Waals surface area contributed by atoms with E-state index in [2.05, 4.69) is 74.3 Å². The number of nitrogens with zero attached hydrogens (tertiary/aromatic N) is 2. The summed E-state index contributed by atoms with van der Waals surface area (Å²) in [5, 5.41) is 12.8. The number of aromatic carboxylic acids is 1. The number of aryl methyl sites for hydroxylation is 1. The van der Waals surface area contributed by atoms with Gasteiger partial charge in [-0.2, -0.15) is 0 Å². The normalized spacial score (nSPS) is 12.1. The van der Waals surface area contributed by atoms with Crippen LogP contribution in [0, 0.1) is 6.92 Å². The van der Waals surface area contributed by atoms with Gasteiger partial charge in [-0.25, -0.2) is 9.78 Å². The average Bonchev–Trinajstić information content (AvgIpc) is 3.31. The van der Waals surface area contributed by atoms with Crippen LogP contribution in [0.2, 0.25) is 5.04 Å². The first kappa shape index (κ1) is 27.7. The summed E-state index contributed by atoms with van der Waals surface area (Å²) in [6.45, 7) is 9.01. The van der Waals surface area contributed by atoms with Gasteiger partial charge in [0, 0.05) is 6.61 Å². The van der Waals surface area contributed by atoms with Crippen molar-refractivity contribution in [3.63, 3.8) is 0 Å². The van der Waals surface area contributed by atoms with Gasteiger partial charge in [-0.15, -0.1) is 11.3 Å². The van der Waals surface area contributed by atoms with E-state index in [0.29, 0.717) is 29.1 Å². The number of rotatable bonds is 8. The summed E-state index contributed by atoms with van der Waals surface area (Å²) in [6, 6.07) is 30.0. The molecule has 0 bridgehead atoms. The van der Waals surface area contributed by atoms with Crippen molar-refractivity contribution in [2.24, 2.45) is 0 Å². The molecule has 0 saturated carbocycles. The van der Waals surface area contributed by atoms with Crippen molar-refractivity contribution in [2.75, 3.05) is 6.61 Å². The van der Waals surface area contributed by atoms with Gasteiger partial charge in [0.25, 0.3) is 13.9 Å². The highest BCUT2D eigenvalue weighted by molar-refractivity contribution is 7.18. The van der Waals surface area contributed by atoms with Crippen molar-refractivity contribution in [2.45, 2.75) is 39.2 Å². The fourth-order valence-electron chi connectivity index (χ4n) is 5.49. The van der Waals surface area contributed by atoms with Gasteiger partial charge in [-0.1, -0.05) is 99.6 Å². The van der Waals surface area contributed by atoms with E-state index in [1.165, 1.54) is 32.3 Å². The quantitative estimate of drug-likeness (QED) is 0.248. The van der Waals surface area contributed by atoms with Gasteiger partial charge in [0.15, 0.2) is 0 Å². The molecule has 5 rings (SSSR count). The molecule has 40 heavy (non-hydrogen) atoms. The number of fused-ring (bicyclic) bond motifs is 1. The fourth-order valence-corrected chi connectivity index (χ4v) is 11.0. The first-order valence-electron chi connectivity index (χ1n) is 13.2. The Bertz CT molecular complexity index is 1680. The summed E-state index contributed by atoms with van der Waals surface area (Å²) >= 11 is 1.38. The van der Waals surface area contributed by atoms with E-state index in [0.717, 1.165) is 10.6 Å². The molecule has 0 radical (unpaired) electrons. The smallest absolute Gasteiger partial charge is 0.341 e. The topological polar surface area (TPSA) is 81.4 Å². The van der Waals surface area contributed by atoms with Gasteiger partial charge in [0.2, 0.25) is 0 Å². The summed E-state index contributed by atoms with van der Waals surface area (Å²) in [5.41, 5.74) is 1.19. The van der Waals surface area contributed by atoms with Crippen molar-refractivity contribution in [3.05, 3.63) is 117 Å². The van der Waals surface area contributed by atoms with Crippen LogP contribution in [-0.2, 0) is 10.8 Å². The number of carboxylic acids is 1. The minimum absolute atomic E-state index is 0.158. The number of para-hydroxylation sites is 1. The van der Waals surface area contributed by atoms with Crippen molar-refractivity contribution in [3.8, 4) is 5.69 Å². The number of aromatic nitrogens is 2. The summed E-state index contributed by atoms with van der Waals surface area (Å²) < 4.78 is 8.59. The van der Waals surface area contributed by atoms with Crippen molar-refractivity contribution in [1.29, 1.82) is 0 Å². The highest BCUT2D eigenvalue weighted by Crippen LogP contribution is 2.37. The first-order chi connectivity index (χ1) is 19.1. The van der Waals surface area contributed by atoms with Crippen LogP contribution in [0.1, 0.15) is 41.7 Å². The van der Waals surface area contributed by atoms with Crippen molar-refractivity contribution < 1.29 is 14.3 Å². The maximum Gasteiger partial charge on any atom is 0.341 e. The monoisotopic (exact) mass is 568 g/mol. The van der Waals surface area contributed by atoms with Gasteiger partial charge in [-0.05, 0) is 46.5 Å². The minimum atomic E-state index is -2.73. The molecule has 0 aliphatic heterocycles. The lowest BCUT2D eigenvalue weighted by atomic mass is 10.1. The van der Waals surface area contributed by atoms with E-state index in [9.17, 15) is 14.7 Å². The Morgan fingerprint density at radius 3 is 2.10 bits per heavy atom. The number of carboxylic acid groups (broad SMARTS) is 1. The van der Waals surface area contributed by atoms with E-state index in [1.807, 2.05) is 43.3 Å². The van der Waals surface area contributed by atoms with Crippen LogP contribution < -0.4 is 15.9 Å². The molecule has 1 N–H and O–H groups in total. The minimum Gasteiger partial charge on any atom is -0.477 e. The second-order valence-electron chi connectivity index (χ2n) is 10.8. The molecule has 2 heterocycles. The number of thiazole rings is 1. The average molecular weight is 569 g/mol. The SMILES string of the molecule is Cc1nc2cc(C(=O)O)c(=O)n(-c3ccccc3CCO[Si](c3ccccc3)(c3ccccc3)C(C)(C)C)c2s1. The number of hydrogen-bond acceptors (Lipinski definition) is 5. The molecule has 0 atom stereocenters. The molecule has 0 saturated heterocycles. The Hall–Kier alpha value is -3.85. The lowest BCUT2D eigenvalue weighted by molar-refractivity contribution is 0.0695. The summed E-state index contributed by atoms with van der Waals surface area (Å²) in [7, 11) is -2.73. The molecule has 3 aromatic carbocycles. The Labute approximate surface area is 238 Å². The van der Waals surface area contributed by atoms with E-state index in [-0.39, 0.29) is 10.6 Å². The summed E-state index contributed by atoms with van der Waals surface area (Å²) in [4.78, 5) is 30.5. The lowest BCUT2D eigenvalue weighted by Gasteiger charge is -2.43. The molecule has 0 unspecified atom stereocenters. The Morgan fingerprint density at radius 1 is 0.950 bits per heavy atom. The molecule has 204 valence electrons. The molecule has 2 aromatic heterocycles. The standard InChI is InChI=1S/C32H32N2O4SSi/c1-22-33-27-21-26(31(36)37)29(35)34(30(27)39-22)28-18-12-11-13-23(28)19-20-38-40(32(2,3)4,24-14-7-5-8-15-24)25-16-9-6-10-17-25/h5-18,21H,19-20H2,1-4H3,(H,36,37). The highest BCUT2D eigenvalue weighted by atomic mass is 32.1. The predicted molar refractivity (Wildman–Crippen MR) is 164 cm³/mol. The molecular weight excluding hydrogens is 537 g/mol. The molecule has 0 aliphatic rings. The third-order valence-electron chi connectivity index (χ3n) is 7.23. The third kappa shape index (κ3) is 4.94. The molecule has 8 heteroatoms. The predicted octanol–water partition coefficient (Wildman–Crippen LogP) is 5.57. The molecule has 6 nitrogen and oxygen atoms in total. The number of hydrogen-bond donors (Lipinski definition) is 1. The molecule has 5 aromatic rings. The van der Waals surface area contributed by atoms with E-state index in [4.69, 9.17) is 4.43 Å². The number of benzene rings is 3. The summed E-state index contributed by atoms with van der Waals surface area (Å²) in [5.74, 6) is -1.26.